The molecule has 0 aliphatic heterocycles. The van der Waals surface area contributed by atoms with Gasteiger partial charge in [-0.05, 0) is 43.7 Å². The van der Waals surface area contributed by atoms with Gasteiger partial charge >= 0.3 is 5.97 Å². The molecule has 4 nitrogen and oxygen atoms in total. The van der Waals surface area contributed by atoms with Gasteiger partial charge in [0.2, 0.25) is 5.76 Å². The Morgan fingerprint density at radius 2 is 2.00 bits per heavy atom. The van der Waals surface area contributed by atoms with Crippen molar-refractivity contribution in [1.29, 1.82) is 0 Å². The lowest BCUT2D eigenvalue weighted by Gasteiger charge is -2.07. The van der Waals surface area contributed by atoms with Crippen LogP contribution in [-0.2, 0) is 0 Å². The Hall–Kier alpha value is -2.36. The zero-order valence-corrected chi connectivity index (χ0v) is 10.1. The van der Waals surface area contributed by atoms with Crippen LogP contribution in [0.1, 0.15) is 33.4 Å². The van der Waals surface area contributed by atoms with Crippen LogP contribution < -0.4 is 4.74 Å². The van der Waals surface area contributed by atoms with Crippen LogP contribution >= 0.6 is 0 Å². The summed E-state index contributed by atoms with van der Waals surface area (Å²) in [4.78, 5) is 23.2. The Balaban J connectivity index is 2.31. The molecule has 2 aromatic rings. The molecular weight excluding hydrogens is 232 g/mol. The Morgan fingerprint density at radius 3 is 2.61 bits per heavy atom. The molecule has 0 fully saturated rings. The van der Waals surface area contributed by atoms with Gasteiger partial charge in [-0.1, -0.05) is 6.07 Å². The molecule has 0 amide bonds. The zero-order chi connectivity index (χ0) is 13.1. The summed E-state index contributed by atoms with van der Waals surface area (Å²) in [5.74, 6) is -0.416. The molecule has 0 atom stereocenters. The number of esters is 1. The lowest BCUT2D eigenvalue weighted by Crippen LogP contribution is -2.10. The first-order valence-electron chi connectivity index (χ1n) is 5.45. The van der Waals surface area contributed by atoms with Gasteiger partial charge in [-0.2, -0.15) is 0 Å². The average molecular weight is 244 g/mol. The maximum Gasteiger partial charge on any atom is 0.379 e. The van der Waals surface area contributed by atoms with E-state index < -0.39 is 5.97 Å². The molecule has 4 heteroatoms. The van der Waals surface area contributed by atoms with Crippen molar-refractivity contribution in [1.82, 2.24) is 0 Å². The number of hydrogen-bond donors (Lipinski definition) is 0. The van der Waals surface area contributed by atoms with E-state index >= 15 is 0 Å². The fraction of sp³-hybridized carbons (Fsp3) is 0.143. The number of carbonyl (C=O) groups is 2. The van der Waals surface area contributed by atoms with Crippen LogP contribution in [0.3, 0.4) is 0 Å². The molecule has 0 spiro atoms. The van der Waals surface area contributed by atoms with Gasteiger partial charge in [-0.3, -0.25) is 4.79 Å². The summed E-state index contributed by atoms with van der Waals surface area (Å²) in [5, 5.41) is 0. The van der Waals surface area contributed by atoms with Gasteiger partial charge in [-0.15, -0.1) is 0 Å². The zero-order valence-electron chi connectivity index (χ0n) is 10.1. The van der Waals surface area contributed by atoms with Crippen LogP contribution in [-0.4, -0.2) is 11.8 Å². The summed E-state index contributed by atoms with van der Waals surface area (Å²) < 4.78 is 10.1. The number of hydrogen-bond acceptors (Lipinski definition) is 4. The van der Waals surface area contributed by atoms with Crippen molar-refractivity contribution in [3.05, 3.63) is 53.5 Å². The van der Waals surface area contributed by atoms with Gasteiger partial charge in [0.15, 0.2) is 5.78 Å². The van der Waals surface area contributed by atoms with Crippen molar-refractivity contribution >= 4 is 11.8 Å². The normalized spacial score (nSPS) is 10.1. The summed E-state index contributed by atoms with van der Waals surface area (Å²) in [6, 6.07) is 8.19. The minimum absolute atomic E-state index is 0.103. The van der Waals surface area contributed by atoms with E-state index in [1.165, 1.54) is 19.3 Å². The molecule has 0 radical (unpaired) electrons. The quantitative estimate of drug-likeness (QED) is 0.473. The molecule has 1 heterocycles. The molecular formula is C14H12O4. The maximum atomic E-state index is 11.7. The minimum atomic E-state index is -0.618. The van der Waals surface area contributed by atoms with Crippen molar-refractivity contribution in [2.75, 3.05) is 0 Å². The molecule has 0 unspecified atom stereocenters. The first kappa shape index (κ1) is 12.1. The smallest absolute Gasteiger partial charge is 0.379 e. The fourth-order valence-corrected chi connectivity index (χ4v) is 1.55. The van der Waals surface area contributed by atoms with Gasteiger partial charge in [0, 0.05) is 0 Å². The first-order valence-corrected chi connectivity index (χ1v) is 5.45. The van der Waals surface area contributed by atoms with Crippen LogP contribution in [0.25, 0.3) is 0 Å². The summed E-state index contributed by atoms with van der Waals surface area (Å²) in [6.07, 6.45) is 1.39. The summed E-state index contributed by atoms with van der Waals surface area (Å²) in [7, 11) is 0. The van der Waals surface area contributed by atoms with Gasteiger partial charge in [-0.25, -0.2) is 4.79 Å². The number of Topliss-reactive ketones (excluding diaryl/α,β-unsaturated/α-hetero) is 1. The second kappa shape index (κ2) is 4.87. The highest BCUT2D eigenvalue weighted by atomic mass is 16.5. The topological polar surface area (TPSA) is 56.5 Å². The third-order valence-electron chi connectivity index (χ3n) is 2.44. The van der Waals surface area contributed by atoms with Crippen LogP contribution in [0.2, 0.25) is 0 Å². The molecule has 1 aromatic carbocycles. The van der Waals surface area contributed by atoms with Crippen LogP contribution in [0.15, 0.2) is 41.0 Å². The van der Waals surface area contributed by atoms with Crippen molar-refractivity contribution in [3.8, 4) is 5.75 Å². The predicted molar refractivity (Wildman–Crippen MR) is 64.9 cm³/mol. The van der Waals surface area contributed by atoms with E-state index in [2.05, 4.69) is 0 Å². The van der Waals surface area contributed by atoms with E-state index in [1.54, 1.807) is 24.3 Å². The Labute approximate surface area is 104 Å². The third-order valence-corrected chi connectivity index (χ3v) is 2.44. The molecule has 0 saturated heterocycles. The van der Waals surface area contributed by atoms with Crippen LogP contribution in [0.4, 0.5) is 0 Å². The minimum Gasteiger partial charge on any atom is -0.457 e. The molecule has 0 bridgehead atoms. The van der Waals surface area contributed by atoms with E-state index in [0.29, 0.717) is 5.56 Å². The number of ether oxygens (including phenoxy) is 1. The molecule has 0 N–H and O–H groups in total. The van der Waals surface area contributed by atoms with Crippen molar-refractivity contribution < 1.29 is 18.7 Å². The van der Waals surface area contributed by atoms with Gasteiger partial charge in [0.25, 0.3) is 0 Å². The van der Waals surface area contributed by atoms with Gasteiger partial charge in [0.1, 0.15) is 5.75 Å². The number of carbonyl (C=O) groups excluding carboxylic acids is 2. The van der Waals surface area contributed by atoms with E-state index in [4.69, 9.17) is 9.15 Å². The average Bonchev–Trinajstić information content (AvgIpc) is 2.81. The monoisotopic (exact) mass is 244 g/mol. The standard InChI is InChI=1S/C14H12O4/c1-9-5-6-11(10(2)15)13(8-9)18-14(16)12-4-3-7-17-12/h3-8H,1-2H3. The second-order valence-electron chi connectivity index (χ2n) is 3.92. The molecule has 18 heavy (non-hydrogen) atoms. The van der Waals surface area contributed by atoms with E-state index in [1.807, 2.05) is 6.92 Å². The summed E-state index contributed by atoms with van der Waals surface area (Å²) in [6.45, 7) is 3.28. The lowest BCUT2D eigenvalue weighted by molar-refractivity contribution is 0.0699. The van der Waals surface area contributed by atoms with E-state index in [0.717, 1.165) is 5.56 Å². The predicted octanol–water partition coefficient (Wildman–Crippen LogP) is 3.01. The highest BCUT2D eigenvalue weighted by Gasteiger charge is 2.15. The molecule has 1 aromatic heterocycles. The molecule has 92 valence electrons. The number of ketones is 1. The lowest BCUT2D eigenvalue weighted by atomic mass is 10.1. The highest BCUT2D eigenvalue weighted by Crippen LogP contribution is 2.22. The Bertz CT molecular complexity index is 582. The Morgan fingerprint density at radius 1 is 1.22 bits per heavy atom. The largest absolute Gasteiger partial charge is 0.457 e. The fourth-order valence-electron chi connectivity index (χ4n) is 1.55. The van der Waals surface area contributed by atoms with E-state index in [-0.39, 0.29) is 17.3 Å². The number of aryl methyl sites for hydroxylation is 1. The van der Waals surface area contributed by atoms with Gasteiger partial charge < -0.3 is 9.15 Å². The molecule has 0 aliphatic carbocycles. The highest BCUT2D eigenvalue weighted by molar-refractivity contribution is 5.98. The number of furan rings is 1. The van der Waals surface area contributed by atoms with Crippen molar-refractivity contribution in [2.24, 2.45) is 0 Å². The van der Waals surface area contributed by atoms with Crippen molar-refractivity contribution in [3.63, 3.8) is 0 Å². The summed E-state index contributed by atoms with van der Waals surface area (Å²) in [5.41, 5.74) is 1.28. The maximum absolute atomic E-state index is 11.7. The SMILES string of the molecule is CC(=O)c1ccc(C)cc1OC(=O)c1ccco1. The molecule has 2 rings (SSSR count). The number of rotatable bonds is 3. The number of benzene rings is 1. The van der Waals surface area contributed by atoms with Crippen LogP contribution in [0, 0.1) is 6.92 Å². The second-order valence-corrected chi connectivity index (χ2v) is 3.92. The first-order chi connectivity index (χ1) is 8.58. The Kier molecular flexibility index (Phi) is 3.28. The molecule has 0 saturated carbocycles. The molecule has 0 aliphatic rings. The van der Waals surface area contributed by atoms with Crippen LogP contribution in [0.5, 0.6) is 5.75 Å². The third kappa shape index (κ3) is 2.48. The van der Waals surface area contributed by atoms with E-state index in [9.17, 15) is 9.59 Å². The van der Waals surface area contributed by atoms with Gasteiger partial charge in [0.05, 0.1) is 11.8 Å². The summed E-state index contributed by atoms with van der Waals surface area (Å²) >= 11 is 0. The van der Waals surface area contributed by atoms with Crippen molar-refractivity contribution in [2.45, 2.75) is 13.8 Å².